The maximum atomic E-state index is 13.7. The number of ether oxygens (including phenoxy) is 1. The third kappa shape index (κ3) is 9.47. The Labute approximate surface area is 217 Å². The normalized spacial score (nSPS) is 12.6. The highest BCUT2D eigenvalue weighted by Gasteiger charge is 2.35. The molecule has 2 atom stereocenters. The van der Waals surface area contributed by atoms with Crippen LogP contribution in [0.15, 0.2) is 54.6 Å². The summed E-state index contributed by atoms with van der Waals surface area (Å²) in [5.41, 5.74) is 5.73. The second kappa shape index (κ2) is 13.3. The molecule has 37 heavy (non-hydrogen) atoms. The Morgan fingerprint density at radius 3 is 2.30 bits per heavy atom. The number of rotatable bonds is 11. The van der Waals surface area contributed by atoms with Gasteiger partial charge in [-0.2, -0.15) is 0 Å². The molecular weight excluding hydrogens is 476 g/mol. The molecule has 5 N–H and O–H groups in total. The van der Waals surface area contributed by atoms with Crippen molar-refractivity contribution in [2.45, 2.75) is 64.8 Å². The summed E-state index contributed by atoms with van der Waals surface area (Å²) < 4.78 is 5.29. The Kier molecular flexibility index (Phi) is 10.5. The average Bonchev–Trinajstić information content (AvgIpc) is 2.82. The molecule has 2 aromatic rings. The number of carbonyl (C=O) groups is 4. The third-order valence-corrected chi connectivity index (χ3v) is 5.35. The van der Waals surface area contributed by atoms with Gasteiger partial charge in [0.2, 0.25) is 17.7 Å². The molecule has 2 aromatic carbocycles. The minimum Gasteiger partial charge on any atom is -0.508 e. The van der Waals surface area contributed by atoms with Crippen molar-refractivity contribution in [1.82, 2.24) is 15.5 Å². The minimum atomic E-state index is -1.18. The van der Waals surface area contributed by atoms with Crippen LogP contribution in [0.4, 0.5) is 4.79 Å². The van der Waals surface area contributed by atoms with Crippen LogP contribution >= 0.6 is 0 Å². The fourth-order valence-electron chi connectivity index (χ4n) is 3.71. The number of amides is 4. The van der Waals surface area contributed by atoms with Gasteiger partial charge in [-0.05, 0) is 57.4 Å². The number of alkyl carbamates (subject to hydrolysis) is 1. The van der Waals surface area contributed by atoms with E-state index < -0.39 is 41.5 Å². The zero-order chi connectivity index (χ0) is 27.6. The fourth-order valence-corrected chi connectivity index (χ4v) is 3.71. The maximum absolute atomic E-state index is 13.7. The Bertz CT molecular complexity index is 1080. The van der Waals surface area contributed by atoms with Crippen LogP contribution in [-0.4, -0.2) is 52.0 Å². The zero-order valence-corrected chi connectivity index (χ0v) is 21.7. The first-order valence-electron chi connectivity index (χ1n) is 12.1. The van der Waals surface area contributed by atoms with E-state index in [0.717, 1.165) is 5.56 Å². The number of phenolic OH excluding ortho intramolecular Hbond substituents is 1. The van der Waals surface area contributed by atoms with Crippen molar-refractivity contribution >= 4 is 23.8 Å². The van der Waals surface area contributed by atoms with Gasteiger partial charge in [-0.25, -0.2) is 4.79 Å². The first-order valence-corrected chi connectivity index (χ1v) is 12.1. The molecule has 2 rings (SSSR count). The molecule has 2 unspecified atom stereocenters. The Morgan fingerprint density at radius 1 is 1.05 bits per heavy atom. The van der Waals surface area contributed by atoms with Crippen LogP contribution in [0.2, 0.25) is 0 Å². The number of phenols is 1. The molecule has 10 nitrogen and oxygen atoms in total. The molecule has 0 radical (unpaired) electrons. The number of carbonyl (C=O) groups excluding carboxylic acids is 4. The van der Waals surface area contributed by atoms with E-state index in [1.54, 1.807) is 39.8 Å². The van der Waals surface area contributed by atoms with E-state index in [1.807, 2.05) is 30.3 Å². The van der Waals surface area contributed by atoms with E-state index in [0.29, 0.717) is 5.56 Å². The minimum absolute atomic E-state index is 0.0704. The maximum Gasteiger partial charge on any atom is 0.408 e. The standard InChI is InChI=1S/C27H36N4O6/c1-5-31(25(35)21(14-15-22(28)33)30-26(36)37-27(2,3)4)23(19-12-9-13-20(32)16-19)24(34)29-17-18-10-7-6-8-11-18/h6-13,16,21,23,32H,5,14-15,17H2,1-4H3,(H2,28,33)(H,29,34)(H,30,36). The Balaban J connectivity index is 2.38. The first-order chi connectivity index (χ1) is 17.4. The van der Waals surface area contributed by atoms with Gasteiger partial charge in [-0.15, -0.1) is 0 Å². The summed E-state index contributed by atoms with van der Waals surface area (Å²) in [5.74, 6) is -1.79. The van der Waals surface area contributed by atoms with Gasteiger partial charge < -0.3 is 31.1 Å². The number of aromatic hydroxyl groups is 1. The number of benzene rings is 2. The van der Waals surface area contributed by atoms with E-state index in [9.17, 15) is 24.3 Å². The number of primary amides is 1. The van der Waals surface area contributed by atoms with E-state index in [4.69, 9.17) is 10.5 Å². The summed E-state index contributed by atoms with van der Waals surface area (Å²) >= 11 is 0. The number of hydrogen-bond acceptors (Lipinski definition) is 6. The Hall–Kier alpha value is -4.08. The molecule has 0 heterocycles. The second-order valence-electron chi connectivity index (χ2n) is 9.53. The van der Waals surface area contributed by atoms with E-state index >= 15 is 0 Å². The van der Waals surface area contributed by atoms with Crippen LogP contribution in [0.1, 0.15) is 57.7 Å². The van der Waals surface area contributed by atoms with Crippen molar-refractivity contribution in [1.29, 1.82) is 0 Å². The lowest BCUT2D eigenvalue weighted by Crippen LogP contribution is -2.53. The fraction of sp³-hybridized carbons (Fsp3) is 0.407. The predicted molar refractivity (Wildman–Crippen MR) is 138 cm³/mol. The van der Waals surface area contributed by atoms with Crippen molar-refractivity contribution in [3.63, 3.8) is 0 Å². The molecule has 0 saturated heterocycles. The zero-order valence-electron chi connectivity index (χ0n) is 21.7. The Morgan fingerprint density at radius 2 is 1.73 bits per heavy atom. The van der Waals surface area contributed by atoms with Gasteiger partial charge in [0.25, 0.3) is 0 Å². The lowest BCUT2D eigenvalue weighted by Gasteiger charge is -2.33. The molecule has 4 amide bonds. The number of hydrogen-bond donors (Lipinski definition) is 4. The number of nitrogens with two attached hydrogens (primary N) is 1. The van der Waals surface area contributed by atoms with Gasteiger partial charge in [-0.1, -0.05) is 42.5 Å². The monoisotopic (exact) mass is 512 g/mol. The molecule has 0 aliphatic carbocycles. The molecule has 200 valence electrons. The molecular formula is C27H36N4O6. The molecule has 0 fully saturated rings. The SMILES string of the molecule is CCN(C(=O)C(CCC(N)=O)NC(=O)OC(C)(C)C)C(C(=O)NCc1ccccc1)c1cccc(O)c1. The summed E-state index contributed by atoms with van der Waals surface area (Å²) in [7, 11) is 0. The summed E-state index contributed by atoms with van der Waals surface area (Å²) in [6, 6.07) is 13.0. The van der Waals surface area contributed by atoms with Crippen LogP contribution in [-0.2, 0) is 25.7 Å². The van der Waals surface area contributed by atoms with Gasteiger partial charge in [0.15, 0.2) is 0 Å². The lowest BCUT2D eigenvalue weighted by molar-refractivity contribution is -0.142. The van der Waals surface area contributed by atoms with Crippen molar-refractivity contribution in [3.05, 3.63) is 65.7 Å². The largest absolute Gasteiger partial charge is 0.508 e. The predicted octanol–water partition coefficient (Wildman–Crippen LogP) is 2.76. The van der Waals surface area contributed by atoms with Crippen LogP contribution in [0.3, 0.4) is 0 Å². The van der Waals surface area contributed by atoms with Crippen molar-refractivity contribution in [2.24, 2.45) is 5.73 Å². The van der Waals surface area contributed by atoms with Gasteiger partial charge in [0.05, 0.1) is 0 Å². The van der Waals surface area contributed by atoms with Gasteiger partial charge in [0, 0.05) is 19.5 Å². The van der Waals surface area contributed by atoms with Gasteiger partial charge in [-0.3, -0.25) is 14.4 Å². The highest BCUT2D eigenvalue weighted by Crippen LogP contribution is 2.26. The van der Waals surface area contributed by atoms with Gasteiger partial charge in [0.1, 0.15) is 23.4 Å². The average molecular weight is 513 g/mol. The smallest absolute Gasteiger partial charge is 0.408 e. The van der Waals surface area contributed by atoms with Crippen molar-refractivity contribution < 1.29 is 29.0 Å². The highest BCUT2D eigenvalue weighted by molar-refractivity contribution is 5.92. The van der Waals surface area contributed by atoms with E-state index in [-0.39, 0.29) is 31.7 Å². The van der Waals surface area contributed by atoms with E-state index in [1.165, 1.54) is 17.0 Å². The molecule has 0 aliphatic rings. The molecule has 0 aromatic heterocycles. The quantitative estimate of drug-likeness (QED) is 0.363. The van der Waals surface area contributed by atoms with Crippen LogP contribution < -0.4 is 16.4 Å². The van der Waals surface area contributed by atoms with Crippen molar-refractivity contribution in [3.8, 4) is 5.75 Å². The second-order valence-corrected chi connectivity index (χ2v) is 9.53. The van der Waals surface area contributed by atoms with Crippen LogP contribution in [0.5, 0.6) is 5.75 Å². The molecule has 0 aliphatic heterocycles. The van der Waals surface area contributed by atoms with Crippen LogP contribution in [0.25, 0.3) is 0 Å². The molecule has 0 spiro atoms. The summed E-state index contributed by atoms with van der Waals surface area (Å²) in [6.45, 7) is 7.06. The van der Waals surface area contributed by atoms with Gasteiger partial charge >= 0.3 is 6.09 Å². The topological polar surface area (TPSA) is 151 Å². The van der Waals surface area contributed by atoms with Crippen LogP contribution in [0, 0.1) is 0 Å². The highest BCUT2D eigenvalue weighted by atomic mass is 16.6. The van der Waals surface area contributed by atoms with E-state index in [2.05, 4.69) is 10.6 Å². The lowest BCUT2D eigenvalue weighted by atomic mass is 10.0. The first kappa shape index (κ1) is 29.2. The summed E-state index contributed by atoms with van der Waals surface area (Å²) in [4.78, 5) is 52.4. The molecule has 0 saturated carbocycles. The molecule has 10 heteroatoms. The summed E-state index contributed by atoms with van der Waals surface area (Å²) in [6.07, 6.45) is -1.09. The number of nitrogens with zero attached hydrogens (tertiary/aromatic N) is 1. The number of likely N-dealkylation sites (N-methyl/N-ethyl adjacent to an activating group) is 1. The third-order valence-electron chi connectivity index (χ3n) is 5.35. The number of nitrogens with one attached hydrogen (secondary N) is 2. The summed E-state index contributed by atoms with van der Waals surface area (Å²) in [5, 5.41) is 15.4. The van der Waals surface area contributed by atoms with Crippen molar-refractivity contribution in [2.75, 3.05) is 6.54 Å². The molecule has 0 bridgehead atoms.